The number of alkyl halides is 2. The normalized spacial score (nSPS) is 23.4. The van der Waals surface area contributed by atoms with Gasteiger partial charge in [-0.25, -0.2) is 52.7 Å². The Labute approximate surface area is 277 Å². The molecule has 18 heteroatoms. The molecule has 4 rings (SSSR count). The molecule has 2 aliphatic carbocycles. The molecule has 2 aromatic carbocycles. The van der Waals surface area contributed by atoms with Crippen LogP contribution in [0.25, 0.3) is 11.1 Å². The minimum Gasteiger partial charge on any atom is -0.241 e. The lowest BCUT2D eigenvalue weighted by Gasteiger charge is -2.27. The summed E-state index contributed by atoms with van der Waals surface area (Å²) in [4.78, 5) is 0. The van der Waals surface area contributed by atoms with Crippen LogP contribution in [0.5, 0.6) is 0 Å². The monoisotopic (exact) mass is 716 g/mol. The van der Waals surface area contributed by atoms with E-state index in [9.17, 15) is 43.0 Å². The molecule has 1 unspecified atom stereocenters. The molecule has 254 valence electrons. The van der Waals surface area contributed by atoms with Crippen molar-refractivity contribution in [2.24, 2.45) is 0 Å². The van der Waals surface area contributed by atoms with E-state index < -0.39 is 150 Å². The molecule has 2 aliphatic rings. The largest absolute Gasteiger partial charge is 0.241 e. The van der Waals surface area contributed by atoms with Crippen LogP contribution in [0.15, 0.2) is 45.1 Å². The van der Waals surface area contributed by atoms with Crippen molar-refractivity contribution in [3.63, 3.8) is 0 Å². The first-order valence-corrected chi connectivity index (χ1v) is 13.4. The topological polar surface area (TPSA) is 143 Å². The molecule has 0 N–H and O–H groups in total. The Balaban J connectivity index is 2.39. The number of benzene rings is 2. The van der Waals surface area contributed by atoms with Gasteiger partial charge in [0.05, 0.1) is 27.8 Å². The Morgan fingerprint density at radius 3 is 1.22 bits per heavy atom. The molecule has 0 aromatic heterocycles. The Bertz CT molecular complexity index is 2250. The van der Waals surface area contributed by atoms with E-state index in [2.05, 4.69) is 0 Å². The van der Waals surface area contributed by atoms with Crippen LogP contribution in [0.2, 0.25) is 0 Å². The quantitative estimate of drug-likeness (QED) is 0.177. The van der Waals surface area contributed by atoms with Crippen LogP contribution in [0.1, 0.15) is 42.0 Å². The standard InChI is InChI=1S/C33H8F12N6/c1-33(45)3-2-16(34)10(4-46)23(35)32(44)22(33)13(7-49)19-17(11(5-47)20-28(40)24(36)14(8-50)25(37)29(20)41)18(19)12(6-48)21-30(42)26(38)15(9-51)27(39)31(21)43/h16H,2-3H2,1H3/b17-11?,18-12?,19-13?,23-10+,32-22+/t16?,33-/m0/s1. The van der Waals surface area contributed by atoms with Crippen molar-refractivity contribution in [3.8, 4) is 36.4 Å². The molecular weight excluding hydrogens is 708 g/mol. The van der Waals surface area contributed by atoms with Gasteiger partial charge in [0.1, 0.15) is 65.0 Å². The first-order chi connectivity index (χ1) is 23.9. The average Bonchev–Trinajstić information content (AvgIpc) is 3.82. The van der Waals surface area contributed by atoms with Crippen molar-refractivity contribution in [2.75, 3.05) is 0 Å². The second-order valence-electron chi connectivity index (χ2n) is 10.6. The summed E-state index contributed by atoms with van der Waals surface area (Å²) in [5.41, 5.74) is -23.5. The molecule has 0 aliphatic heterocycles. The van der Waals surface area contributed by atoms with Gasteiger partial charge in [-0.05, 0) is 19.8 Å². The predicted molar refractivity (Wildman–Crippen MR) is 145 cm³/mol. The highest BCUT2D eigenvalue weighted by molar-refractivity contribution is 6.07. The summed E-state index contributed by atoms with van der Waals surface area (Å²) < 4.78 is 181. The van der Waals surface area contributed by atoms with Crippen LogP contribution in [-0.4, -0.2) is 11.8 Å². The third-order valence-electron chi connectivity index (χ3n) is 7.74. The van der Waals surface area contributed by atoms with Gasteiger partial charge in [-0.2, -0.15) is 31.6 Å². The van der Waals surface area contributed by atoms with Crippen molar-refractivity contribution in [1.82, 2.24) is 0 Å². The van der Waals surface area contributed by atoms with Gasteiger partial charge in [-0.3, -0.25) is 0 Å². The van der Waals surface area contributed by atoms with E-state index in [0.717, 1.165) is 36.4 Å². The van der Waals surface area contributed by atoms with Gasteiger partial charge in [0.2, 0.25) is 0 Å². The van der Waals surface area contributed by atoms with E-state index in [4.69, 9.17) is 10.5 Å². The molecule has 6 nitrogen and oxygen atoms in total. The fraction of sp³-hybridized carbons (Fsp3) is 0.152. The summed E-state index contributed by atoms with van der Waals surface area (Å²) in [5.74, 6) is -24.5. The molecule has 0 heterocycles. The number of halogens is 12. The van der Waals surface area contributed by atoms with Crippen molar-refractivity contribution in [2.45, 2.75) is 31.6 Å². The molecule has 0 radical (unpaired) electrons. The molecule has 1 fully saturated rings. The Morgan fingerprint density at radius 1 is 0.549 bits per heavy atom. The summed E-state index contributed by atoms with van der Waals surface area (Å²) in [6.07, 6.45) is -4.81. The van der Waals surface area contributed by atoms with Crippen molar-refractivity contribution < 1.29 is 52.7 Å². The van der Waals surface area contributed by atoms with Gasteiger partial charge in [0.15, 0.2) is 58.2 Å². The molecule has 51 heavy (non-hydrogen) atoms. The lowest BCUT2D eigenvalue weighted by Crippen LogP contribution is -2.27. The minimum absolute atomic E-state index is 0.443. The van der Waals surface area contributed by atoms with Crippen LogP contribution >= 0.6 is 0 Å². The Hall–Kier alpha value is -6.76. The smallest absolute Gasteiger partial charge is 0.180 e. The molecule has 0 spiro atoms. The molecule has 2 atom stereocenters. The van der Waals surface area contributed by atoms with Gasteiger partial charge in [-0.1, -0.05) is 0 Å². The van der Waals surface area contributed by atoms with Crippen molar-refractivity contribution in [1.29, 1.82) is 31.6 Å². The molecule has 2 aromatic rings. The second kappa shape index (κ2) is 13.3. The maximum atomic E-state index is 16.1. The number of hydrogen-bond acceptors (Lipinski definition) is 6. The van der Waals surface area contributed by atoms with E-state index >= 15 is 30.7 Å². The van der Waals surface area contributed by atoms with E-state index in [1.807, 2.05) is 0 Å². The van der Waals surface area contributed by atoms with Crippen LogP contribution in [-0.2, 0) is 0 Å². The number of allylic oxidation sites excluding steroid dienone is 10. The number of nitriles is 6. The molecular formula is C33H8F12N6. The number of nitrogens with zero attached hydrogens (tertiary/aromatic N) is 6. The van der Waals surface area contributed by atoms with E-state index in [1.54, 1.807) is 0 Å². The highest BCUT2D eigenvalue weighted by Crippen LogP contribution is 2.58. The average molecular weight is 716 g/mol. The summed E-state index contributed by atoms with van der Waals surface area (Å²) >= 11 is 0. The first-order valence-electron chi connectivity index (χ1n) is 13.4. The van der Waals surface area contributed by atoms with E-state index in [-0.39, 0.29) is 0 Å². The van der Waals surface area contributed by atoms with Crippen LogP contribution in [0.3, 0.4) is 0 Å². The lowest BCUT2D eigenvalue weighted by atomic mass is 9.82. The van der Waals surface area contributed by atoms with Crippen molar-refractivity contribution in [3.05, 3.63) is 114 Å². The van der Waals surface area contributed by atoms with Gasteiger partial charge in [0.25, 0.3) is 0 Å². The lowest BCUT2D eigenvalue weighted by molar-refractivity contribution is 0.193. The zero-order valence-corrected chi connectivity index (χ0v) is 24.7. The molecule has 0 amide bonds. The van der Waals surface area contributed by atoms with Gasteiger partial charge in [0, 0.05) is 22.3 Å². The second-order valence-corrected chi connectivity index (χ2v) is 10.6. The zero-order chi connectivity index (χ0) is 38.4. The maximum absolute atomic E-state index is 16.1. The van der Waals surface area contributed by atoms with Crippen molar-refractivity contribution >= 4 is 11.1 Å². The first kappa shape index (κ1) is 37.1. The SMILES string of the molecule is C[C@]1(F)CCC(F)/C(C#N)=C(F)\C(F)=C/1C(C#N)=C1C(=C(C#N)c2c(F)c(F)c(C#N)c(F)c2F)C1=C(C#N)c1c(F)c(F)c(C#N)c(F)c1F. The van der Waals surface area contributed by atoms with Crippen LogP contribution < -0.4 is 0 Å². The van der Waals surface area contributed by atoms with E-state index in [0.29, 0.717) is 6.92 Å². The minimum atomic E-state index is -3.37. The zero-order valence-electron chi connectivity index (χ0n) is 24.7. The molecule has 0 bridgehead atoms. The summed E-state index contributed by atoms with van der Waals surface area (Å²) in [6.45, 7) is 0.443. The summed E-state index contributed by atoms with van der Waals surface area (Å²) in [6, 6.07) is 5.76. The van der Waals surface area contributed by atoms with Crippen LogP contribution in [0.4, 0.5) is 52.7 Å². The maximum Gasteiger partial charge on any atom is 0.180 e. The third kappa shape index (κ3) is 5.54. The highest BCUT2D eigenvalue weighted by Gasteiger charge is 2.49. The summed E-state index contributed by atoms with van der Waals surface area (Å²) in [5, 5.41) is 57.0. The number of hydrogen-bond donors (Lipinski definition) is 0. The molecule has 1 saturated carbocycles. The fourth-order valence-corrected chi connectivity index (χ4v) is 5.30. The van der Waals surface area contributed by atoms with Crippen LogP contribution in [0, 0.1) is 115 Å². The fourth-order valence-electron chi connectivity index (χ4n) is 5.30. The Morgan fingerprint density at radius 2 is 0.902 bits per heavy atom. The van der Waals surface area contributed by atoms with Gasteiger partial charge < -0.3 is 0 Å². The number of rotatable bonds is 3. The van der Waals surface area contributed by atoms with Gasteiger partial charge in [-0.15, -0.1) is 0 Å². The van der Waals surface area contributed by atoms with E-state index in [1.165, 1.54) is 0 Å². The van der Waals surface area contributed by atoms with Gasteiger partial charge >= 0.3 is 0 Å². The Kier molecular flexibility index (Phi) is 9.65. The summed E-state index contributed by atoms with van der Waals surface area (Å²) in [7, 11) is 0. The highest BCUT2D eigenvalue weighted by atomic mass is 19.2. The molecule has 0 saturated heterocycles. The predicted octanol–water partition coefficient (Wildman–Crippen LogP) is 8.46. The third-order valence-corrected chi connectivity index (χ3v) is 7.74.